The van der Waals surface area contributed by atoms with Crippen LogP contribution in [0.1, 0.15) is 245 Å². The number of unbranched alkanes of at least 4 members (excludes halogenated alkanes) is 31. The van der Waals surface area contributed by atoms with Crippen molar-refractivity contribution in [2.24, 2.45) is 0 Å². The number of carboxylic acid groups (broad SMARTS) is 1. The average molecular weight is 650 g/mol. The Labute approximate surface area is 289 Å². The monoisotopic (exact) mass is 650 g/mol. The lowest BCUT2D eigenvalue weighted by Gasteiger charge is -2.23. The van der Waals surface area contributed by atoms with Gasteiger partial charge in [0.05, 0.1) is 0 Å². The molecule has 46 heavy (non-hydrogen) atoms. The smallest absolute Gasteiger partial charge is 0.303 e. The molecule has 0 rings (SSSR count). The molecular weight excluding hydrogens is 566 g/mol. The summed E-state index contributed by atoms with van der Waals surface area (Å²) in [7, 11) is 0. The molecule has 0 fully saturated rings. The topological polar surface area (TPSA) is 57.6 Å². The van der Waals surface area contributed by atoms with Crippen molar-refractivity contribution in [2.75, 3.05) is 13.1 Å². The van der Waals surface area contributed by atoms with Crippen LogP contribution >= 0.6 is 0 Å². The van der Waals surface area contributed by atoms with Gasteiger partial charge in [-0.15, -0.1) is 0 Å². The second-order valence-corrected chi connectivity index (χ2v) is 14.6. The molecule has 0 saturated heterocycles. The third-order valence-electron chi connectivity index (χ3n) is 9.95. The van der Waals surface area contributed by atoms with Gasteiger partial charge in [-0.3, -0.25) is 9.59 Å². The van der Waals surface area contributed by atoms with Gasteiger partial charge in [0.15, 0.2) is 0 Å². The van der Waals surface area contributed by atoms with Gasteiger partial charge in [-0.25, -0.2) is 0 Å². The molecule has 274 valence electrons. The number of carbonyl (C=O) groups excluding carboxylic acids is 1. The maximum absolute atomic E-state index is 12.9. The molecule has 1 N–H and O–H groups in total. The van der Waals surface area contributed by atoms with Crippen LogP contribution < -0.4 is 0 Å². The first-order valence-electron chi connectivity index (χ1n) is 21.1. The molecule has 0 aromatic rings. The SMILES string of the molecule is CCCCCCCCCCCCCCCCCCN(CCCCCCCCCCCCCCCCCC)C(=O)CCCCC(=O)O. The van der Waals surface area contributed by atoms with Crippen LogP contribution in [-0.4, -0.2) is 35.0 Å². The average Bonchev–Trinajstić information content (AvgIpc) is 3.05. The molecule has 1 amide bonds. The zero-order chi connectivity index (χ0) is 33.6. The van der Waals surface area contributed by atoms with E-state index in [2.05, 4.69) is 18.7 Å². The number of amides is 1. The Morgan fingerprint density at radius 1 is 0.348 bits per heavy atom. The summed E-state index contributed by atoms with van der Waals surface area (Å²) in [6.45, 7) is 6.34. The van der Waals surface area contributed by atoms with Gasteiger partial charge < -0.3 is 10.0 Å². The van der Waals surface area contributed by atoms with Gasteiger partial charge in [-0.05, 0) is 25.7 Å². The summed E-state index contributed by atoms with van der Waals surface area (Å²) in [5.74, 6) is -0.516. The fraction of sp³-hybridized carbons (Fsp3) is 0.952. The minimum absolute atomic E-state index is 0.172. The van der Waals surface area contributed by atoms with Gasteiger partial charge in [0.1, 0.15) is 0 Å². The van der Waals surface area contributed by atoms with Gasteiger partial charge in [-0.1, -0.05) is 206 Å². The van der Waals surface area contributed by atoms with E-state index in [4.69, 9.17) is 5.11 Å². The highest BCUT2D eigenvalue weighted by Gasteiger charge is 2.13. The molecule has 0 aliphatic rings. The minimum Gasteiger partial charge on any atom is -0.481 e. The fourth-order valence-corrected chi connectivity index (χ4v) is 6.77. The van der Waals surface area contributed by atoms with Gasteiger partial charge >= 0.3 is 5.97 Å². The Morgan fingerprint density at radius 3 is 0.848 bits per heavy atom. The van der Waals surface area contributed by atoms with Crippen molar-refractivity contribution >= 4 is 11.9 Å². The second-order valence-electron chi connectivity index (χ2n) is 14.6. The standard InChI is InChI=1S/C42H83NO3/c1-3-5-7-9-11-13-15-17-19-21-23-25-27-29-31-35-39-43(41(44)37-33-34-38-42(45)46)40-36-32-30-28-26-24-22-20-18-16-14-12-10-8-6-4-2/h3-40H2,1-2H3,(H,45,46). The van der Waals surface area contributed by atoms with Crippen LogP contribution in [0.5, 0.6) is 0 Å². The number of carbonyl (C=O) groups is 2. The number of carboxylic acids is 1. The molecule has 0 bridgehead atoms. The highest BCUT2D eigenvalue weighted by Crippen LogP contribution is 2.16. The predicted octanol–water partition coefficient (Wildman–Crippen LogP) is 14.0. The summed E-state index contributed by atoms with van der Waals surface area (Å²) in [6.07, 6.45) is 45.7. The van der Waals surface area contributed by atoms with Crippen molar-refractivity contribution < 1.29 is 14.7 Å². The number of rotatable bonds is 39. The third-order valence-corrected chi connectivity index (χ3v) is 9.95. The maximum atomic E-state index is 12.9. The summed E-state index contributed by atoms with van der Waals surface area (Å²) < 4.78 is 0. The third kappa shape index (κ3) is 35.8. The largest absolute Gasteiger partial charge is 0.481 e. The minimum atomic E-state index is -0.759. The Hall–Kier alpha value is -1.06. The molecule has 0 spiro atoms. The fourth-order valence-electron chi connectivity index (χ4n) is 6.77. The summed E-state index contributed by atoms with van der Waals surface area (Å²) in [6, 6.07) is 0. The van der Waals surface area contributed by atoms with Crippen molar-refractivity contribution in [1.29, 1.82) is 0 Å². The van der Waals surface area contributed by atoms with Gasteiger partial charge in [0.25, 0.3) is 0 Å². The molecule has 0 aliphatic carbocycles. The van der Waals surface area contributed by atoms with E-state index >= 15 is 0 Å². The van der Waals surface area contributed by atoms with E-state index in [0.29, 0.717) is 19.3 Å². The summed E-state index contributed by atoms with van der Waals surface area (Å²) in [5, 5.41) is 8.91. The Bertz CT molecular complexity index is 586. The molecule has 0 heterocycles. The molecule has 4 nitrogen and oxygen atoms in total. The first-order valence-corrected chi connectivity index (χ1v) is 21.1. The Balaban J connectivity index is 3.87. The van der Waals surface area contributed by atoms with Crippen LogP contribution in [0.3, 0.4) is 0 Å². The molecule has 0 atom stereocenters. The van der Waals surface area contributed by atoms with Crippen LogP contribution in [0, 0.1) is 0 Å². The van der Waals surface area contributed by atoms with E-state index in [9.17, 15) is 9.59 Å². The van der Waals surface area contributed by atoms with E-state index < -0.39 is 5.97 Å². The van der Waals surface area contributed by atoms with Gasteiger partial charge in [0, 0.05) is 25.9 Å². The molecule has 0 aromatic carbocycles. The Morgan fingerprint density at radius 2 is 0.587 bits per heavy atom. The van der Waals surface area contributed by atoms with Crippen LogP contribution in [0.25, 0.3) is 0 Å². The highest BCUT2D eigenvalue weighted by molar-refractivity contribution is 5.76. The second kappa shape index (κ2) is 38.4. The molecule has 0 aromatic heterocycles. The molecule has 0 radical (unpaired) electrons. The highest BCUT2D eigenvalue weighted by atomic mass is 16.4. The number of nitrogens with zero attached hydrogens (tertiary/aromatic N) is 1. The van der Waals surface area contributed by atoms with Gasteiger partial charge in [-0.2, -0.15) is 0 Å². The summed E-state index contributed by atoms with van der Waals surface area (Å²) in [4.78, 5) is 25.9. The van der Waals surface area contributed by atoms with Crippen LogP contribution in [0.2, 0.25) is 0 Å². The maximum Gasteiger partial charge on any atom is 0.303 e. The van der Waals surface area contributed by atoms with Crippen molar-refractivity contribution in [1.82, 2.24) is 4.90 Å². The molecule has 0 unspecified atom stereocenters. The van der Waals surface area contributed by atoms with Gasteiger partial charge in [0.2, 0.25) is 5.91 Å². The quantitative estimate of drug-likeness (QED) is 0.0674. The van der Waals surface area contributed by atoms with Crippen LogP contribution in [0.4, 0.5) is 0 Å². The lowest BCUT2D eigenvalue weighted by atomic mass is 10.0. The van der Waals surface area contributed by atoms with Crippen molar-refractivity contribution in [2.45, 2.75) is 245 Å². The van der Waals surface area contributed by atoms with Crippen LogP contribution in [-0.2, 0) is 9.59 Å². The number of aliphatic carboxylic acids is 1. The van der Waals surface area contributed by atoms with E-state index in [1.54, 1.807) is 0 Å². The first kappa shape index (κ1) is 44.9. The molecule has 4 heteroatoms. The lowest BCUT2D eigenvalue weighted by Crippen LogP contribution is -2.32. The zero-order valence-electron chi connectivity index (χ0n) is 31.6. The van der Waals surface area contributed by atoms with E-state index in [1.165, 1.54) is 193 Å². The molecule has 0 saturated carbocycles. The lowest BCUT2D eigenvalue weighted by molar-refractivity contribution is -0.137. The van der Waals surface area contributed by atoms with Crippen molar-refractivity contribution in [3.63, 3.8) is 0 Å². The molecular formula is C42H83NO3. The van der Waals surface area contributed by atoms with Crippen molar-refractivity contribution in [3.05, 3.63) is 0 Å². The zero-order valence-corrected chi connectivity index (χ0v) is 31.6. The first-order chi connectivity index (χ1) is 22.6. The molecule has 0 aliphatic heterocycles. The van der Waals surface area contributed by atoms with E-state index in [-0.39, 0.29) is 12.3 Å². The predicted molar refractivity (Wildman–Crippen MR) is 202 cm³/mol. The summed E-state index contributed by atoms with van der Waals surface area (Å²) >= 11 is 0. The van der Waals surface area contributed by atoms with E-state index in [1.807, 2.05) is 0 Å². The number of hydrogen-bond donors (Lipinski definition) is 1. The van der Waals surface area contributed by atoms with Crippen LogP contribution in [0.15, 0.2) is 0 Å². The van der Waals surface area contributed by atoms with E-state index in [0.717, 1.165) is 25.9 Å². The normalized spacial score (nSPS) is 11.3. The Kier molecular flexibility index (Phi) is 37.5. The van der Waals surface area contributed by atoms with Crippen molar-refractivity contribution in [3.8, 4) is 0 Å². The summed E-state index contributed by atoms with van der Waals surface area (Å²) in [5.41, 5.74) is 0. The number of hydrogen-bond acceptors (Lipinski definition) is 2.